The van der Waals surface area contributed by atoms with E-state index in [0.29, 0.717) is 11.8 Å². The lowest BCUT2D eigenvalue weighted by atomic mass is 9.94. The summed E-state index contributed by atoms with van der Waals surface area (Å²) >= 11 is 0. The molecular weight excluding hydrogens is 156 g/mol. The summed E-state index contributed by atoms with van der Waals surface area (Å²) in [4.78, 5) is 10.5. The van der Waals surface area contributed by atoms with Crippen LogP contribution in [0.3, 0.4) is 0 Å². The van der Waals surface area contributed by atoms with Gasteiger partial charge in [0.25, 0.3) is 0 Å². The number of hydrogen-bond acceptors (Lipinski definition) is 2. The molecule has 2 atom stereocenters. The highest BCUT2D eigenvalue weighted by atomic mass is 16.4. The molecule has 1 amide bonds. The van der Waals surface area contributed by atoms with Crippen LogP contribution < -0.4 is 10.6 Å². The van der Waals surface area contributed by atoms with E-state index in [0.717, 1.165) is 13.1 Å². The van der Waals surface area contributed by atoms with Gasteiger partial charge in [0.15, 0.2) is 0 Å². The van der Waals surface area contributed by atoms with Gasteiger partial charge < -0.3 is 15.7 Å². The predicted octanol–water partition coefficient (Wildman–Crippen LogP) is 0.252. The number of amides is 1. The van der Waals surface area contributed by atoms with Crippen LogP contribution in [0.5, 0.6) is 0 Å². The molecule has 0 aromatic carbocycles. The van der Waals surface area contributed by atoms with E-state index >= 15 is 0 Å². The monoisotopic (exact) mass is 170 g/mol. The molecule has 2 rings (SSSR count). The van der Waals surface area contributed by atoms with Gasteiger partial charge in [-0.15, -0.1) is 0 Å². The lowest BCUT2D eigenvalue weighted by Crippen LogP contribution is -2.50. The molecule has 3 N–H and O–H groups in total. The molecule has 0 unspecified atom stereocenters. The molecule has 0 aromatic rings. The van der Waals surface area contributed by atoms with Crippen LogP contribution in [0, 0.1) is 11.8 Å². The Morgan fingerprint density at radius 3 is 2.42 bits per heavy atom. The summed E-state index contributed by atoms with van der Waals surface area (Å²) in [5, 5.41) is 14.5. The average Bonchev–Trinajstić information content (AvgIpc) is 2.30. The standard InChI is InChI=1S/C8H14N2O2/c11-8(12)10-7-5-1-2-6(7)4-9-3-5/h5-7,9-10H,1-4H2,(H,11,12)/t5-,6-/m1/s1. The van der Waals surface area contributed by atoms with Crippen molar-refractivity contribution in [3.63, 3.8) is 0 Å². The zero-order valence-electron chi connectivity index (χ0n) is 6.92. The van der Waals surface area contributed by atoms with Crippen molar-refractivity contribution in [2.24, 2.45) is 11.8 Å². The molecular formula is C8H14N2O2. The Morgan fingerprint density at radius 2 is 1.92 bits per heavy atom. The molecule has 1 heterocycles. The van der Waals surface area contributed by atoms with Gasteiger partial charge in [0, 0.05) is 6.04 Å². The van der Waals surface area contributed by atoms with Crippen LogP contribution in [0.1, 0.15) is 12.8 Å². The third kappa shape index (κ3) is 1.27. The predicted molar refractivity (Wildman–Crippen MR) is 44.0 cm³/mol. The number of piperidine rings is 1. The molecule has 12 heavy (non-hydrogen) atoms. The minimum atomic E-state index is -0.876. The van der Waals surface area contributed by atoms with Crippen LogP contribution in [0.15, 0.2) is 0 Å². The van der Waals surface area contributed by atoms with E-state index in [-0.39, 0.29) is 6.04 Å². The molecule has 4 nitrogen and oxygen atoms in total. The number of nitrogens with one attached hydrogen (secondary N) is 2. The summed E-state index contributed by atoms with van der Waals surface area (Å²) < 4.78 is 0. The van der Waals surface area contributed by atoms with Crippen LogP contribution in [0.25, 0.3) is 0 Å². The largest absolute Gasteiger partial charge is 0.465 e. The Kier molecular flexibility index (Phi) is 1.92. The van der Waals surface area contributed by atoms with E-state index in [4.69, 9.17) is 5.11 Å². The van der Waals surface area contributed by atoms with Gasteiger partial charge in [-0.05, 0) is 37.8 Å². The summed E-state index contributed by atoms with van der Waals surface area (Å²) in [6, 6.07) is 0.212. The van der Waals surface area contributed by atoms with E-state index in [2.05, 4.69) is 10.6 Å². The molecule has 1 saturated heterocycles. The van der Waals surface area contributed by atoms with Crippen molar-refractivity contribution in [1.29, 1.82) is 0 Å². The topological polar surface area (TPSA) is 61.4 Å². The van der Waals surface area contributed by atoms with Crippen molar-refractivity contribution >= 4 is 6.09 Å². The van der Waals surface area contributed by atoms with Crippen molar-refractivity contribution < 1.29 is 9.90 Å². The Morgan fingerprint density at radius 1 is 1.33 bits per heavy atom. The van der Waals surface area contributed by atoms with Crippen LogP contribution in [0.2, 0.25) is 0 Å². The molecule has 1 aliphatic carbocycles. The molecule has 0 aromatic heterocycles. The Hall–Kier alpha value is -0.770. The second kappa shape index (κ2) is 2.94. The van der Waals surface area contributed by atoms with Crippen molar-refractivity contribution in [2.75, 3.05) is 13.1 Å². The normalized spacial score (nSPS) is 39.5. The molecule has 2 aliphatic rings. The first kappa shape index (κ1) is 7.86. The third-order valence-electron chi connectivity index (χ3n) is 3.03. The first-order chi connectivity index (χ1) is 5.77. The van der Waals surface area contributed by atoms with Gasteiger partial charge in [-0.1, -0.05) is 0 Å². The Bertz CT molecular complexity index is 179. The van der Waals surface area contributed by atoms with E-state index in [1.54, 1.807) is 0 Å². The molecule has 0 radical (unpaired) electrons. The molecule has 2 bridgehead atoms. The minimum Gasteiger partial charge on any atom is -0.465 e. The first-order valence-corrected chi connectivity index (χ1v) is 4.47. The summed E-state index contributed by atoms with van der Waals surface area (Å²) in [6.07, 6.45) is 1.46. The molecule has 1 saturated carbocycles. The highest BCUT2D eigenvalue weighted by molar-refractivity contribution is 5.65. The zero-order valence-corrected chi connectivity index (χ0v) is 6.92. The maximum absolute atomic E-state index is 10.5. The van der Waals surface area contributed by atoms with E-state index in [1.165, 1.54) is 12.8 Å². The zero-order chi connectivity index (χ0) is 8.55. The van der Waals surface area contributed by atoms with Crippen molar-refractivity contribution in [3.8, 4) is 0 Å². The third-order valence-corrected chi connectivity index (χ3v) is 3.03. The highest BCUT2D eigenvalue weighted by Crippen LogP contribution is 2.33. The van der Waals surface area contributed by atoms with Crippen molar-refractivity contribution in [3.05, 3.63) is 0 Å². The fraction of sp³-hybridized carbons (Fsp3) is 0.875. The summed E-state index contributed by atoms with van der Waals surface area (Å²) in [5.41, 5.74) is 0. The molecule has 68 valence electrons. The smallest absolute Gasteiger partial charge is 0.404 e. The maximum Gasteiger partial charge on any atom is 0.404 e. The van der Waals surface area contributed by atoms with Crippen LogP contribution in [0.4, 0.5) is 4.79 Å². The summed E-state index contributed by atoms with van der Waals surface area (Å²) in [5.74, 6) is 1.06. The first-order valence-electron chi connectivity index (χ1n) is 4.47. The number of carbonyl (C=O) groups is 1. The van der Waals surface area contributed by atoms with Gasteiger partial charge in [-0.25, -0.2) is 4.79 Å². The van der Waals surface area contributed by atoms with Crippen molar-refractivity contribution in [2.45, 2.75) is 18.9 Å². The number of rotatable bonds is 1. The second-order valence-electron chi connectivity index (χ2n) is 3.73. The van der Waals surface area contributed by atoms with Crippen LogP contribution in [-0.4, -0.2) is 30.3 Å². The van der Waals surface area contributed by atoms with Gasteiger partial charge in [-0.3, -0.25) is 0 Å². The van der Waals surface area contributed by atoms with Crippen LogP contribution in [-0.2, 0) is 0 Å². The maximum atomic E-state index is 10.5. The fourth-order valence-corrected chi connectivity index (χ4v) is 2.46. The molecule has 4 heteroatoms. The number of hydrogen-bond donors (Lipinski definition) is 3. The average molecular weight is 170 g/mol. The number of fused-ring (bicyclic) bond motifs is 2. The van der Waals surface area contributed by atoms with E-state index in [9.17, 15) is 4.79 Å². The lowest BCUT2D eigenvalue weighted by molar-refractivity contribution is 0.176. The fourth-order valence-electron chi connectivity index (χ4n) is 2.46. The molecule has 2 fully saturated rings. The Balaban J connectivity index is 2.00. The van der Waals surface area contributed by atoms with E-state index in [1.807, 2.05) is 0 Å². The van der Waals surface area contributed by atoms with Gasteiger partial charge >= 0.3 is 6.09 Å². The van der Waals surface area contributed by atoms with Crippen LogP contribution >= 0.6 is 0 Å². The van der Waals surface area contributed by atoms with Crippen molar-refractivity contribution in [1.82, 2.24) is 10.6 Å². The van der Waals surface area contributed by atoms with Gasteiger partial charge in [0.05, 0.1) is 0 Å². The highest BCUT2D eigenvalue weighted by Gasteiger charge is 2.39. The molecule has 0 spiro atoms. The van der Waals surface area contributed by atoms with Gasteiger partial charge in [-0.2, -0.15) is 0 Å². The Labute approximate surface area is 71.3 Å². The molecule has 1 aliphatic heterocycles. The quantitative estimate of drug-likeness (QED) is 0.528. The van der Waals surface area contributed by atoms with Gasteiger partial charge in [0.1, 0.15) is 0 Å². The number of carboxylic acid groups (broad SMARTS) is 1. The lowest BCUT2D eigenvalue weighted by Gasteiger charge is -2.30. The summed E-state index contributed by atoms with van der Waals surface area (Å²) in [7, 11) is 0. The van der Waals surface area contributed by atoms with E-state index < -0.39 is 6.09 Å². The minimum absolute atomic E-state index is 0.212. The summed E-state index contributed by atoms with van der Waals surface area (Å²) in [6.45, 7) is 1.95. The second-order valence-corrected chi connectivity index (χ2v) is 3.73. The SMILES string of the molecule is O=C(O)NC1[C@@H]2CC[C@@H]1CNC2. The van der Waals surface area contributed by atoms with Gasteiger partial charge in [0.2, 0.25) is 0 Å².